The summed E-state index contributed by atoms with van der Waals surface area (Å²) in [6.07, 6.45) is 0. The summed E-state index contributed by atoms with van der Waals surface area (Å²) in [5.41, 5.74) is 2.80. The second-order valence-electron chi connectivity index (χ2n) is 5.59. The van der Waals surface area contributed by atoms with Crippen molar-refractivity contribution >= 4 is 21.6 Å². The molecule has 6 heteroatoms. The maximum absolute atomic E-state index is 12.3. The van der Waals surface area contributed by atoms with Gasteiger partial charge in [-0.15, -0.1) is 0 Å². The van der Waals surface area contributed by atoms with E-state index in [0.29, 0.717) is 11.3 Å². The van der Waals surface area contributed by atoms with Crippen LogP contribution in [-0.2, 0) is 10.0 Å². The number of hydrogen-bond donors (Lipinski definition) is 1. The summed E-state index contributed by atoms with van der Waals surface area (Å²) in [6.45, 7) is 3.73. The van der Waals surface area contributed by atoms with E-state index in [2.05, 4.69) is 5.32 Å². The number of aryl methyl sites for hydroxylation is 2. The Morgan fingerprint density at radius 1 is 1.04 bits per heavy atom. The van der Waals surface area contributed by atoms with Gasteiger partial charge in [0.1, 0.15) is 0 Å². The second kappa shape index (κ2) is 6.52. The molecule has 2 rings (SSSR count). The van der Waals surface area contributed by atoms with E-state index in [1.54, 1.807) is 18.2 Å². The van der Waals surface area contributed by atoms with Gasteiger partial charge in [-0.1, -0.05) is 23.8 Å². The van der Waals surface area contributed by atoms with Gasteiger partial charge in [0, 0.05) is 25.3 Å². The SMILES string of the molecule is Cc1cccc(C(=O)Nc2cc(S(=O)(=O)N(C)C)ccc2C)c1. The van der Waals surface area contributed by atoms with Gasteiger partial charge in [0.2, 0.25) is 10.0 Å². The number of anilines is 1. The minimum atomic E-state index is -3.54. The number of rotatable bonds is 4. The predicted octanol–water partition coefficient (Wildman–Crippen LogP) is 2.81. The monoisotopic (exact) mass is 332 g/mol. The summed E-state index contributed by atoms with van der Waals surface area (Å²) in [6, 6.07) is 11.9. The number of carbonyl (C=O) groups is 1. The van der Waals surface area contributed by atoms with E-state index >= 15 is 0 Å². The molecule has 0 aromatic heterocycles. The van der Waals surface area contributed by atoms with E-state index in [1.807, 2.05) is 26.0 Å². The van der Waals surface area contributed by atoms with Crippen molar-refractivity contribution in [3.8, 4) is 0 Å². The predicted molar refractivity (Wildman–Crippen MR) is 91.2 cm³/mol. The third-order valence-corrected chi connectivity index (χ3v) is 5.33. The Bertz CT molecular complexity index is 843. The van der Waals surface area contributed by atoms with Crippen LogP contribution in [0.15, 0.2) is 47.4 Å². The molecule has 0 radical (unpaired) electrons. The van der Waals surface area contributed by atoms with Crippen LogP contribution in [0.3, 0.4) is 0 Å². The lowest BCUT2D eigenvalue weighted by molar-refractivity contribution is 0.102. The van der Waals surface area contributed by atoms with Crippen LogP contribution < -0.4 is 5.32 Å². The van der Waals surface area contributed by atoms with E-state index in [4.69, 9.17) is 0 Å². The Morgan fingerprint density at radius 3 is 2.35 bits per heavy atom. The van der Waals surface area contributed by atoms with Crippen LogP contribution >= 0.6 is 0 Å². The molecule has 0 fully saturated rings. The fourth-order valence-electron chi connectivity index (χ4n) is 2.09. The van der Waals surface area contributed by atoms with Crippen molar-refractivity contribution in [1.82, 2.24) is 4.31 Å². The first kappa shape index (κ1) is 17.2. The van der Waals surface area contributed by atoms with Gasteiger partial charge in [-0.3, -0.25) is 4.79 Å². The maximum Gasteiger partial charge on any atom is 0.255 e. The fraction of sp³-hybridized carbons (Fsp3) is 0.235. The molecule has 0 unspecified atom stereocenters. The molecule has 2 aromatic carbocycles. The molecule has 1 amide bonds. The van der Waals surface area contributed by atoms with Crippen molar-refractivity contribution in [2.24, 2.45) is 0 Å². The molecule has 2 aromatic rings. The van der Waals surface area contributed by atoms with Crippen LogP contribution in [-0.4, -0.2) is 32.7 Å². The quantitative estimate of drug-likeness (QED) is 0.936. The summed E-state index contributed by atoms with van der Waals surface area (Å²) in [7, 11) is -0.596. The van der Waals surface area contributed by atoms with E-state index in [0.717, 1.165) is 15.4 Å². The molecule has 0 saturated carbocycles. The molecule has 122 valence electrons. The van der Waals surface area contributed by atoms with Gasteiger partial charge in [-0.2, -0.15) is 0 Å². The van der Waals surface area contributed by atoms with Crippen molar-refractivity contribution in [3.63, 3.8) is 0 Å². The molecule has 0 heterocycles. The molecular formula is C17H20N2O3S. The summed E-state index contributed by atoms with van der Waals surface area (Å²) in [4.78, 5) is 12.5. The van der Waals surface area contributed by atoms with E-state index in [9.17, 15) is 13.2 Å². The molecular weight excluding hydrogens is 312 g/mol. The molecule has 5 nitrogen and oxygen atoms in total. The minimum Gasteiger partial charge on any atom is -0.322 e. The van der Waals surface area contributed by atoms with E-state index in [1.165, 1.54) is 26.2 Å². The van der Waals surface area contributed by atoms with Crippen LogP contribution in [0.2, 0.25) is 0 Å². The highest BCUT2D eigenvalue weighted by atomic mass is 32.2. The number of hydrogen-bond acceptors (Lipinski definition) is 3. The summed E-state index contributed by atoms with van der Waals surface area (Å²) in [5, 5.41) is 2.78. The fourth-order valence-corrected chi connectivity index (χ4v) is 3.02. The topological polar surface area (TPSA) is 66.5 Å². The molecule has 0 aliphatic heterocycles. The molecule has 0 bridgehead atoms. The number of carbonyl (C=O) groups excluding carboxylic acids is 1. The summed E-state index contributed by atoms with van der Waals surface area (Å²) < 4.78 is 25.6. The van der Waals surface area contributed by atoms with Crippen LogP contribution in [0.1, 0.15) is 21.5 Å². The highest BCUT2D eigenvalue weighted by molar-refractivity contribution is 7.89. The molecule has 1 N–H and O–H groups in total. The first-order valence-corrected chi connectivity index (χ1v) is 8.57. The van der Waals surface area contributed by atoms with Gasteiger partial charge in [-0.05, 0) is 43.7 Å². The van der Waals surface area contributed by atoms with Gasteiger partial charge in [0.15, 0.2) is 0 Å². The molecule has 0 aliphatic carbocycles. The Labute approximate surface area is 137 Å². The normalized spacial score (nSPS) is 11.5. The molecule has 0 aliphatic rings. The number of amides is 1. The molecule has 23 heavy (non-hydrogen) atoms. The van der Waals surface area contributed by atoms with Gasteiger partial charge in [-0.25, -0.2) is 12.7 Å². The highest BCUT2D eigenvalue weighted by Gasteiger charge is 2.18. The first-order chi connectivity index (χ1) is 10.7. The second-order valence-corrected chi connectivity index (χ2v) is 7.74. The lowest BCUT2D eigenvalue weighted by Gasteiger charge is -2.14. The van der Waals surface area contributed by atoms with E-state index in [-0.39, 0.29) is 10.8 Å². The van der Waals surface area contributed by atoms with Crippen molar-refractivity contribution < 1.29 is 13.2 Å². The van der Waals surface area contributed by atoms with Crippen molar-refractivity contribution in [1.29, 1.82) is 0 Å². The maximum atomic E-state index is 12.3. The van der Waals surface area contributed by atoms with Crippen LogP contribution in [0.5, 0.6) is 0 Å². The number of sulfonamides is 1. The summed E-state index contributed by atoms with van der Waals surface area (Å²) >= 11 is 0. The first-order valence-electron chi connectivity index (χ1n) is 7.13. The van der Waals surface area contributed by atoms with Crippen LogP contribution in [0.4, 0.5) is 5.69 Å². The van der Waals surface area contributed by atoms with Gasteiger partial charge < -0.3 is 5.32 Å². The minimum absolute atomic E-state index is 0.146. The Hall–Kier alpha value is -2.18. The Kier molecular flexibility index (Phi) is 4.87. The third kappa shape index (κ3) is 3.78. The number of benzene rings is 2. The molecule has 0 saturated heterocycles. The highest BCUT2D eigenvalue weighted by Crippen LogP contribution is 2.22. The van der Waals surface area contributed by atoms with E-state index < -0.39 is 10.0 Å². The Morgan fingerprint density at radius 2 is 1.74 bits per heavy atom. The Balaban J connectivity index is 2.35. The number of nitrogens with zero attached hydrogens (tertiary/aromatic N) is 1. The molecule has 0 atom stereocenters. The zero-order valence-electron chi connectivity index (χ0n) is 13.6. The lowest BCUT2D eigenvalue weighted by Crippen LogP contribution is -2.22. The van der Waals surface area contributed by atoms with Crippen molar-refractivity contribution in [2.45, 2.75) is 18.7 Å². The summed E-state index contributed by atoms with van der Waals surface area (Å²) in [5.74, 6) is -0.267. The smallest absolute Gasteiger partial charge is 0.255 e. The van der Waals surface area contributed by atoms with Crippen LogP contribution in [0, 0.1) is 13.8 Å². The average Bonchev–Trinajstić information content (AvgIpc) is 2.49. The van der Waals surface area contributed by atoms with Gasteiger partial charge in [0.25, 0.3) is 5.91 Å². The average molecular weight is 332 g/mol. The third-order valence-electron chi connectivity index (χ3n) is 3.52. The largest absolute Gasteiger partial charge is 0.322 e. The zero-order valence-corrected chi connectivity index (χ0v) is 14.4. The lowest BCUT2D eigenvalue weighted by atomic mass is 10.1. The zero-order chi connectivity index (χ0) is 17.2. The van der Waals surface area contributed by atoms with Gasteiger partial charge >= 0.3 is 0 Å². The van der Waals surface area contributed by atoms with Gasteiger partial charge in [0.05, 0.1) is 4.90 Å². The van der Waals surface area contributed by atoms with Crippen LogP contribution in [0.25, 0.3) is 0 Å². The standard InChI is InChI=1S/C17H20N2O3S/c1-12-6-5-7-14(10-12)17(20)18-16-11-15(9-8-13(16)2)23(21,22)19(3)4/h5-11H,1-4H3,(H,18,20). The van der Waals surface area contributed by atoms with Crippen molar-refractivity contribution in [2.75, 3.05) is 19.4 Å². The molecule has 0 spiro atoms. The number of nitrogens with one attached hydrogen (secondary N) is 1. The van der Waals surface area contributed by atoms with Crippen molar-refractivity contribution in [3.05, 3.63) is 59.2 Å².